The molecule has 0 aliphatic carbocycles. The van der Waals surface area contributed by atoms with Crippen LogP contribution in [0.5, 0.6) is 5.88 Å². The van der Waals surface area contributed by atoms with Gasteiger partial charge in [-0.3, -0.25) is 4.79 Å². The normalized spacial score (nSPS) is 9.94. The van der Waals surface area contributed by atoms with Crippen LogP contribution in [0.2, 0.25) is 0 Å². The lowest BCUT2D eigenvalue weighted by molar-refractivity contribution is 0.100. The minimum Gasteiger partial charge on any atom is -0.474 e. The maximum Gasteiger partial charge on any atom is 0.262 e. The number of aromatic nitrogens is 1. The van der Waals surface area contributed by atoms with E-state index in [9.17, 15) is 4.79 Å². The highest BCUT2D eigenvalue weighted by atomic mass is 35.5. The van der Waals surface area contributed by atoms with Crippen LogP contribution >= 0.6 is 12.4 Å². The molecule has 92 valence electrons. The van der Waals surface area contributed by atoms with Crippen LogP contribution in [-0.4, -0.2) is 24.2 Å². The number of fused-ring (bicyclic) bond motifs is 1. The van der Waals surface area contributed by atoms with E-state index < -0.39 is 5.91 Å². The monoisotopic (exact) mass is 257 g/mol. The second kappa shape index (κ2) is 5.51. The van der Waals surface area contributed by atoms with E-state index >= 15 is 0 Å². The fraction of sp³-hybridized carbons (Fsp3) is 0.200. The van der Waals surface area contributed by atoms with Gasteiger partial charge in [0.15, 0.2) is 5.58 Å². The van der Waals surface area contributed by atoms with Crippen molar-refractivity contribution in [3.8, 4) is 5.88 Å². The van der Waals surface area contributed by atoms with Gasteiger partial charge in [0.1, 0.15) is 6.61 Å². The molecule has 1 heterocycles. The quantitative estimate of drug-likeness (QED) is 0.838. The average molecular weight is 258 g/mol. The van der Waals surface area contributed by atoms with Crippen molar-refractivity contribution in [2.24, 2.45) is 11.5 Å². The number of ether oxygens (including phenoxy) is 1. The lowest BCUT2D eigenvalue weighted by atomic mass is 10.1. The third kappa shape index (κ3) is 2.66. The van der Waals surface area contributed by atoms with E-state index in [0.29, 0.717) is 35.6 Å². The summed E-state index contributed by atoms with van der Waals surface area (Å²) in [6.45, 7) is 0.715. The number of primary amides is 1. The Bertz CT molecular complexity index is 526. The van der Waals surface area contributed by atoms with Crippen molar-refractivity contribution in [2.75, 3.05) is 13.2 Å². The first-order valence-electron chi connectivity index (χ1n) is 4.74. The third-order valence-electron chi connectivity index (χ3n) is 2.08. The van der Waals surface area contributed by atoms with Gasteiger partial charge >= 0.3 is 0 Å². The molecule has 4 N–H and O–H groups in total. The first-order valence-corrected chi connectivity index (χ1v) is 4.74. The van der Waals surface area contributed by atoms with Gasteiger partial charge < -0.3 is 20.7 Å². The molecule has 0 unspecified atom stereocenters. The summed E-state index contributed by atoms with van der Waals surface area (Å²) in [4.78, 5) is 11.0. The largest absolute Gasteiger partial charge is 0.474 e. The van der Waals surface area contributed by atoms with E-state index in [1.807, 2.05) is 0 Å². The van der Waals surface area contributed by atoms with Crippen LogP contribution in [0.25, 0.3) is 11.0 Å². The molecular weight excluding hydrogens is 246 g/mol. The van der Waals surface area contributed by atoms with Crippen molar-refractivity contribution in [3.63, 3.8) is 0 Å². The summed E-state index contributed by atoms with van der Waals surface area (Å²) in [6, 6.07) is 4.78. The Morgan fingerprint density at radius 2 is 2.24 bits per heavy atom. The molecule has 17 heavy (non-hydrogen) atoms. The molecule has 6 nitrogen and oxygen atoms in total. The lowest BCUT2D eigenvalue weighted by Crippen LogP contribution is -2.11. The average Bonchev–Trinajstić information content (AvgIpc) is 2.68. The number of amides is 1. The van der Waals surface area contributed by atoms with Gasteiger partial charge in [0, 0.05) is 12.1 Å². The van der Waals surface area contributed by atoms with E-state index in [4.69, 9.17) is 20.7 Å². The van der Waals surface area contributed by atoms with E-state index in [1.54, 1.807) is 18.2 Å². The molecule has 0 bridgehead atoms. The molecule has 0 saturated carbocycles. The summed E-state index contributed by atoms with van der Waals surface area (Å²) < 4.78 is 10.3. The number of hydrogen-bond acceptors (Lipinski definition) is 5. The predicted molar refractivity (Wildman–Crippen MR) is 64.3 cm³/mol. The molecule has 2 rings (SSSR count). The van der Waals surface area contributed by atoms with Crippen molar-refractivity contribution >= 4 is 29.3 Å². The van der Waals surface area contributed by atoms with E-state index in [0.717, 1.165) is 0 Å². The first kappa shape index (κ1) is 13.3. The number of nitrogens with zero attached hydrogens (tertiary/aromatic N) is 1. The van der Waals surface area contributed by atoms with Crippen molar-refractivity contribution in [1.29, 1.82) is 0 Å². The van der Waals surface area contributed by atoms with E-state index in [1.165, 1.54) is 0 Å². The SMILES string of the molecule is Cl.NCCOc1noc2ccc(C(N)=O)cc12. The Hall–Kier alpha value is -1.79. The van der Waals surface area contributed by atoms with Gasteiger partial charge in [0.2, 0.25) is 5.91 Å². The van der Waals surface area contributed by atoms with Crippen molar-refractivity contribution in [1.82, 2.24) is 5.16 Å². The molecule has 0 atom stereocenters. The molecule has 0 spiro atoms. The Morgan fingerprint density at radius 1 is 1.47 bits per heavy atom. The fourth-order valence-electron chi connectivity index (χ4n) is 1.33. The van der Waals surface area contributed by atoms with Crippen LogP contribution in [-0.2, 0) is 0 Å². The van der Waals surface area contributed by atoms with E-state index in [2.05, 4.69) is 5.16 Å². The highest BCUT2D eigenvalue weighted by molar-refractivity contribution is 5.97. The molecule has 0 saturated heterocycles. The minimum absolute atomic E-state index is 0. The Kier molecular flexibility index (Phi) is 4.30. The smallest absolute Gasteiger partial charge is 0.262 e. The topological polar surface area (TPSA) is 104 Å². The molecule has 2 aromatic rings. The van der Waals surface area contributed by atoms with Crippen LogP contribution in [0.1, 0.15) is 10.4 Å². The van der Waals surface area contributed by atoms with Crippen molar-refractivity contribution in [3.05, 3.63) is 23.8 Å². The molecule has 0 aliphatic rings. The van der Waals surface area contributed by atoms with Gasteiger partial charge in [0.05, 0.1) is 5.39 Å². The number of hydrogen-bond donors (Lipinski definition) is 2. The van der Waals surface area contributed by atoms with Gasteiger partial charge in [-0.15, -0.1) is 12.4 Å². The Balaban J connectivity index is 0.00000144. The maximum absolute atomic E-state index is 11.0. The zero-order chi connectivity index (χ0) is 11.5. The standard InChI is InChI=1S/C10H11N3O3.ClH/c11-3-4-15-10-7-5-6(9(12)14)1-2-8(7)16-13-10;/h1-2,5H,3-4,11H2,(H2,12,14);1H. The van der Waals surface area contributed by atoms with Crippen molar-refractivity contribution < 1.29 is 14.1 Å². The summed E-state index contributed by atoms with van der Waals surface area (Å²) in [5, 5.41) is 4.34. The Morgan fingerprint density at radius 3 is 2.88 bits per heavy atom. The highest BCUT2D eigenvalue weighted by Crippen LogP contribution is 2.25. The number of benzene rings is 1. The summed E-state index contributed by atoms with van der Waals surface area (Å²) in [6.07, 6.45) is 0. The van der Waals surface area contributed by atoms with Crippen LogP contribution in [0.4, 0.5) is 0 Å². The van der Waals surface area contributed by atoms with Gasteiger partial charge in [0.25, 0.3) is 5.88 Å². The number of halogens is 1. The third-order valence-corrected chi connectivity index (χ3v) is 2.08. The molecule has 7 heteroatoms. The molecule has 1 aromatic heterocycles. The maximum atomic E-state index is 11.0. The van der Waals surface area contributed by atoms with Gasteiger partial charge in [-0.1, -0.05) is 0 Å². The molecular formula is C10H12ClN3O3. The predicted octanol–water partition coefficient (Wildman–Crippen LogP) is 0.686. The summed E-state index contributed by atoms with van der Waals surface area (Å²) in [5.41, 5.74) is 11.4. The van der Waals surface area contributed by atoms with Crippen molar-refractivity contribution in [2.45, 2.75) is 0 Å². The van der Waals surface area contributed by atoms with Crippen LogP contribution in [0.15, 0.2) is 22.7 Å². The number of carbonyl (C=O) groups excluding carboxylic acids is 1. The number of rotatable bonds is 4. The number of carbonyl (C=O) groups is 1. The lowest BCUT2D eigenvalue weighted by Gasteiger charge is -1.99. The molecule has 0 aliphatic heterocycles. The van der Waals surface area contributed by atoms with E-state index in [-0.39, 0.29) is 12.4 Å². The fourth-order valence-corrected chi connectivity index (χ4v) is 1.33. The van der Waals surface area contributed by atoms with Gasteiger partial charge in [-0.05, 0) is 23.4 Å². The zero-order valence-electron chi connectivity index (χ0n) is 8.88. The molecule has 1 amide bonds. The van der Waals surface area contributed by atoms with Crippen LogP contribution < -0.4 is 16.2 Å². The minimum atomic E-state index is -0.507. The molecule has 0 fully saturated rings. The van der Waals surface area contributed by atoms with Gasteiger partial charge in [-0.2, -0.15) is 0 Å². The van der Waals surface area contributed by atoms with Crippen LogP contribution in [0.3, 0.4) is 0 Å². The van der Waals surface area contributed by atoms with Crippen LogP contribution in [0, 0.1) is 0 Å². The zero-order valence-corrected chi connectivity index (χ0v) is 9.70. The molecule has 0 radical (unpaired) electrons. The second-order valence-corrected chi connectivity index (χ2v) is 3.20. The Labute approximate surface area is 103 Å². The highest BCUT2D eigenvalue weighted by Gasteiger charge is 2.11. The first-order chi connectivity index (χ1) is 7.72. The summed E-state index contributed by atoms with van der Waals surface area (Å²) in [5.74, 6) is -0.184. The summed E-state index contributed by atoms with van der Waals surface area (Å²) in [7, 11) is 0. The van der Waals surface area contributed by atoms with Gasteiger partial charge in [-0.25, -0.2) is 0 Å². The second-order valence-electron chi connectivity index (χ2n) is 3.20. The number of nitrogens with two attached hydrogens (primary N) is 2. The molecule has 1 aromatic carbocycles. The summed E-state index contributed by atoms with van der Waals surface area (Å²) >= 11 is 0.